The summed E-state index contributed by atoms with van der Waals surface area (Å²) in [5.41, 5.74) is 4.96. The number of Topliss-reactive ketones (excluding diaryl/α,β-unsaturated/α-hetero) is 1. The van der Waals surface area contributed by atoms with E-state index in [1.165, 1.54) is 0 Å². The van der Waals surface area contributed by atoms with Crippen molar-refractivity contribution in [2.45, 2.75) is 26.5 Å². The number of benzene rings is 3. The maximum atomic E-state index is 13.4. The molecule has 0 saturated heterocycles. The van der Waals surface area contributed by atoms with Crippen LogP contribution in [0.2, 0.25) is 5.02 Å². The maximum absolute atomic E-state index is 13.4. The van der Waals surface area contributed by atoms with Gasteiger partial charge in [-0.1, -0.05) is 17.7 Å². The molecule has 8 nitrogen and oxygen atoms in total. The van der Waals surface area contributed by atoms with Gasteiger partial charge in [0.25, 0.3) is 0 Å². The Hall–Kier alpha value is -3.72. The number of carbonyl (C=O) groups excluding carboxylic acids is 1. The van der Waals surface area contributed by atoms with Crippen molar-refractivity contribution >= 4 is 23.5 Å². The Morgan fingerprint density at radius 3 is 2.67 bits per heavy atom. The summed E-state index contributed by atoms with van der Waals surface area (Å²) >= 11 is 6.31. The maximum Gasteiger partial charge on any atom is 0.231 e. The standard InChI is InChI=1S/C30H28ClNO7/c1-17-28-20(13-32(15-37-28)7-6-18-4-5-24(34-2)25(8-18)35-3)11-23-27(33)26(39-29(17)23)12-19-9-22(31)10-21-14-36-16-38-30(19)21/h4-5,8-12H,6-7,13-16H2,1-3H3/b26-12-. The summed E-state index contributed by atoms with van der Waals surface area (Å²) in [5, 5.41) is 0.533. The first kappa shape index (κ1) is 25.6. The largest absolute Gasteiger partial charge is 0.493 e. The Bertz CT molecular complexity index is 1500. The quantitative estimate of drug-likeness (QED) is 0.371. The smallest absolute Gasteiger partial charge is 0.231 e. The van der Waals surface area contributed by atoms with Crippen LogP contribution in [0.5, 0.6) is 28.7 Å². The van der Waals surface area contributed by atoms with E-state index in [9.17, 15) is 4.79 Å². The van der Waals surface area contributed by atoms with E-state index in [0.717, 1.165) is 41.0 Å². The average molecular weight is 550 g/mol. The number of ketones is 1. The fraction of sp³-hybridized carbons (Fsp3) is 0.300. The number of carbonyl (C=O) groups is 1. The normalized spacial score (nSPS) is 17.0. The van der Waals surface area contributed by atoms with Gasteiger partial charge in [-0.05, 0) is 55.3 Å². The van der Waals surface area contributed by atoms with Gasteiger partial charge in [0, 0.05) is 40.4 Å². The zero-order valence-corrected chi connectivity index (χ0v) is 22.7. The summed E-state index contributed by atoms with van der Waals surface area (Å²) in [6.45, 7) is 4.36. The molecular weight excluding hydrogens is 522 g/mol. The summed E-state index contributed by atoms with van der Waals surface area (Å²) in [6.07, 6.45) is 2.50. The molecule has 0 aromatic heterocycles. The van der Waals surface area contributed by atoms with E-state index in [-0.39, 0.29) is 18.3 Å². The van der Waals surface area contributed by atoms with Gasteiger partial charge in [0.15, 0.2) is 24.1 Å². The van der Waals surface area contributed by atoms with Crippen molar-refractivity contribution in [3.05, 3.63) is 80.6 Å². The highest BCUT2D eigenvalue weighted by atomic mass is 35.5. The van der Waals surface area contributed by atoms with E-state index in [4.69, 9.17) is 40.0 Å². The molecule has 3 aliphatic rings. The number of halogens is 1. The Balaban J connectivity index is 1.22. The molecule has 3 aliphatic heterocycles. The lowest BCUT2D eigenvalue weighted by molar-refractivity contribution is -0.0165. The third-order valence-electron chi connectivity index (χ3n) is 7.16. The molecule has 9 heteroatoms. The number of fused-ring (bicyclic) bond motifs is 3. The zero-order valence-electron chi connectivity index (χ0n) is 22.0. The minimum atomic E-state index is -0.181. The second-order valence-electron chi connectivity index (χ2n) is 9.67. The van der Waals surface area contributed by atoms with E-state index >= 15 is 0 Å². The van der Waals surface area contributed by atoms with Gasteiger partial charge in [-0.2, -0.15) is 0 Å². The summed E-state index contributed by atoms with van der Waals surface area (Å²) in [4.78, 5) is 15.6. The monoisotopic (exact) mass is 549 g/mol. The second kappa shape index (κ2) is 10.4. The van der Waals surface area contributed by atoms with Crippen LogP contribution in [0.1, 0.15) is 38.2 Å². The number of methoxy groups -OCH3 is 2. The third kappa shape index (κ3) is 4.80. The summed E-state index contributed by atoms with van der Waals surface area (Å²) < 4.78 is 34.1. The number of allylic oxidation sites excluding steroid dienone is 1. The molecule has 0 spiro atoms. The lowest BCUT2D eigenvalue weighted by atomic mass is 9.99. The molecule has 0 amide bonds. The van der Waals surface area contributed by atoms with Gasteiger partial charge in [-0.25, -0.2) is 0 Å². The molecule has 6 rings (SSSR count). The van der Waals surface area contributed by atoms with E-state index in [0.29, 0.717) is 59.0 Å². The summed E-state index contributed by atoms with van der Waals surface area (Å²) in [7, 11) is 3.26. The van der Waals surface area contributed by atoms with Crippen molar-refractivity contribution in [1.29, 1.82) is 0 Å². The van der Waals surface area contributed by atoms with Crippen LogP contribution in [-0.4, -0.2) is 45.0 Å². The molecule has 0 fully saturated rings. The number of hydrogen-bond donors (Lipinski definition) is 0. The van der Waals surface area contributed by atoms with Crippen LogP contribution in [0.3, 0.4) is 0 Å². The molecule has 0 saturated carbocycles. The lowest BCUT2D eigenvalue weighted by Crippen LogP contribution is -2.34. The summed E-state index contributed by atoms with van der Waals surface area (Å²) in [5.74, 6) is 3.41. The second-order valence-corrected chi connectivity index (χ2v) is 10.1. The van der Waals surface area contributed by atoms with Crippen LogP contribution in [-0.2, 0) is 24.3 Å². The highest BCUT2D eigenvalue weighted by molar-refractivity contribution is 6.31. The predicted octanol–water partition coefficient (Wildman–Crippen LogP) is 5.54. The van der Waals surface area contributed by atoms with E-state index in [1.807, 2.05) is 31.2 Å². The van der Waals surface area contributed by atoms with Crippen LogP contribution in [0.25, 0.3) is 6.08 Å². The van der Waals surface area contributed by atoms with Crippen LogP contribution >= 0.6 is 11.6 Å². The first-order valence-corrected chi connectivity index (χ1v) is 13.0. The first-order chi connectivity index (χ1) is 18.9. The fourth-order valence-electron chi connectivity index (χ4n) is 5.22. The van der Waals surface area contributed by atoms with Crippen molar-refractivity contribution in [3.63, 3.8) is 0 Å². The Morgan fingerprint density at radius 2 is 1.85 bits per heavy atom. The average Bonchev–Trinajstić information content (AvgIpc) is 3.26. The Kier molecular flexibility index (Phi) is 6.85. The molecule has 202 valence electrons. The SMILES string of the molecule is COc1ccc(CCN2COc3c(cc4c(c3C)O/C(=C\c3cc(Cl)cc5c3OCOC5)C4=O)C2)cc1OC. The Morgan fingerprint density at radius 1 is 1.00 bits per heavy atom. The lowest BCUT2D eigenvalue weighted by Gasteiger charge is -2.30. The number of nitrogens with zero attached hydrogens (tertiary/aromatic N) is 1. The van der Waals surface area contributed by atoms with Crippen LogP contribution < -0.4 is 23.7 Å². The van der Waals surface area contributed by atoms with E-state index in [1.54, 1.807) is 32.4 Å². The van der Waals surface area contributed by atoms with Gasteiger partial charge in [-0.3, -0.25) is 9.69 Å². The molecule has 39 heavy (non-hydrogen) atoms. The van der Waals surface area contributed by atoms with Gasteiger partial charge in [0.05, 0.1) is 26.4 Å². The van der Waals surface area contributed by atoms with Gasteiger partial charge < -0.3 is 28.4 Å². The van der Waals surface area contributed by atoms with E-state index < -0.39 is 0 Å². The Labute approximate surface area is 231 Å². The molecule has 3 heterocycles. The highest BCUT2D eigenvalue weighted by Gasteiger charge is 2.34. The molecule has 0 aliphatic carbocycles. The topological polar surface area (TPSA) is 75.7 Å². The van der Waals surface area contributed by atoms with Crippen LogP contribution in [0.15, 0.2) is 42.2 Å². The third-order valence-corrected chi connectivity index (χ3v) is 7.37. The van der Waals surface area contributed by atoms with Crippen molar-refractivity contribution in [3.8, 4) is 28.7 Å². The van der Waals surface area contributed by atoms with Crippen molar-refractivity contribution in [1.82, 2.24) is 4.90 Å². The molecule has 0 N–H and O–H groups in total. The van der Waals surface area contributed by atoms with Gasteiger partial charge in [-0.15, -0.1) is 0 Å². The molecule has 3 aromatic rings. The molecule has 3 aromatic carbocycles. The highest BCUT2D eigenvalue weighted by Crippen LogP contribution is 2.44. The molecule has 0 radical (unpaired) electrons. The molecular formula is C30H28ClNO7. The van der Waals surface area contributed by atoms with Crippen molar-refractivity contribution in [2.75, 3.05) is 34.3 Å². The number of ether oxygens (including phenoxy) is 6. The minimum Gasteiger partial charge on any atom is -0.493 e. The van der Waals surface area contributed by atoms with Crippen LogP contribution in [0.4, 0.5) is 0 Å². The number of rotatable bonds is 6. The first-order valence-electron chi connectivity index (χ1n) is 12.6. The predicted molar refractivity (Wildman–Crippen MR) is 145 cm³/mol. The van der Waals surface area contributed by atoms with Crippen LogP contribution in [0, 0.1) is 6.92 Å². The molecule has 0 atom stereocenters. The fourth-order valence-corrected chi connectivity index (χ4v) is 5.47. The minimum absolute atomic E-state index is 0.144. The van der Waals surface area contributed by atoms with Crippen molar-refractivity contribution in [2.24, 2.45) is 0 Å². The van der Waals surface area contributed by atoms with Gasteiger partial charge in [0.1, 0.15) is 24.0 Å². The number of hydrogen-bond acceptors (Lipinski definition) is 8. The zero-order chi connectivity index (χ0) is 27.1. The van der Waals surface area contributed by atoms with Crippen molar-refractivity contribution < 1.29 is 33.2 Å². The van der Waals surface area contributed by atoms with E-state index in [2.05, 4.69) is 4.90 Å². The van der Waals surface area contributed by atoms with Gasteiger partial charge >= 0.3 is 0 Å². The summed E-state index contributed by atoms with van der Waals surface area (Å²) in [6, 6.07) is 11.4. The molecule has 0 bridgehead atoms. The van der Waals surface area contributed by atoms with Gasteiger partial charge in [0.2, 0.25) is 5.78 Å². The molecule has 0 unspecified atom stereocenters.